The molecule has 0 radical (unpaired) electrons. The Kier molecular flexibility index (Phi) is 12.1. The minimum absolute atomic E-state index is 0.0578. The van der Waals surface area contributed by atoms with Crippen LogP contribution in [0.5, 0.6) is 11.6 Å². The molecule has 15 nitrogen and oxygen atoms in total. The van der Waals surface area contributed by atoms with Crippen LogP contribution in [0.4, 0.5) is 4.79 Å². The third kappa shape index (κ3) is 10.4. The van der Waals surface area contributed by atoms with E-state index in [1.165, 1.54) is 11.0 Å². The summed E-state index contributed by atoms with van der Waals surface area (Å²) in [6, 6.07) is 4.54. The molecule has 1 aliphatic heterocycles. The van der Waals surface area contributed by atoms with E-state index < -0.39 is 85.5 Å². The van der Waals surface area contributed by atoms with Crippen molar-refractivity contribution in [1.82, 2.24) is 25.2 Å². The Labute approximate surface area is 327 Å². The molecule has 2 aromatic rings. The molecule has 0 unspecified atom stereocenters. The minimum Gasteiger partial charge on any atom is -0.497 e. The number of benzene rings is 1. The number of alkyl carbamates (subject to hydrolysis) is 1. The first-order valence-electron chi connectivity index (χ1n) is 18.6. The molecule has 1 aromatic heterocycles. The van der Waals surface area contributed by atoms with E-state index in [4.69, 9.17) is 14.2 Å². The van der Waals surface area contributed by atoms with Crippen LogP contribution in [0.1, 0.15) is 80.1 Å². The van der Waals surface area contributed by atoms with Crippen LogP contribution in [0.3, 0.4) is 0 Å². The molecule has 4 amide bonds. The van der Waals surface area contributed by atoms with Gasteiger partial charge in [-0.3, -0.25) is 23.9 Å². The lowest BCUT2D eigenvalue weighted by atomic mass is 9.97. The maximum absolute atomic E-state index is 14.5. The van der Waals surface area contributed by atoms with Gasteiger partial charge < -0.3 is 29.7 Å². The van der Waals surface area contributed by atoms with E-state index in [0.717, 1.165) is 5.39 Å². The van der Waals surface area contributed by atoms with Crippen molar-refractivity contribution in [3.8, 4) is 23.5 Å². The van der Waals surface area contributed by atoms with Gasteiger partial charge in [0.05, 0.1) is 18.9 Å². The summed E-state index contributed by atoms with van der Waals surface area (Å²) in [5.41, 5.74) is -2.97. The predicted octanol–water partition coefficient (Wildman–Crippen LogP) is 3.55. The average molecular weight is 794 g/mol. The molecular formula is C40H51N5O10S. The van der Waals surface area contributed by atoms with Gasteiger partial charge >= 0.3 is 6.09 Å². The van der Waals surface area contributed by atoms with E-state index in [9.17, 15) is 32.4 Å². The number of carbonyl (C=O) groups is 5. The number of rotatable bonds is 14. The number of amides is 4. The third-order valence-corrected chi connectivity index (χ3v) is 11.4. The van der Waals surface area contributed by atoms with Crippen molar-refractivity contribution in [1.29, 1.82) is 0 Å². The average Bonchev–Trinajstić information content (AvgIpc) is 4.04. The van der Waals surface area contributed by atoms with E-state index >= 15 is 0 Å². The van der Waals surface area contributed by atoms with Crippen LogP contribution < -0.4 is 24.8 Å². The molecule has 3 aliphatic rings. The molecule has 56 heavy (non-hydrogen) atoms. The Morgan fingerprint density at radius 3 is 2.43 bits per heavy atom. The second-order valence-electron chi connectivity index (χ2n) is 16.5. The number of methoxy groups -OCH3 is 1. The highest BCUT2D eigenvalue weighted by atomic mass is 32.2. The fraction of sp³-hybridized carbons (Fsp3) is 0.550. The quantitative estimate of drug-likeness (QED) is 0.144. The van der Waals surface area contributed by atoms with E-state index in [-0.39, 0.29) is 38.1 Å². The topological polar surface area (TPSA) is 199 Å². The Morgan fingerprint density at radius 2 is 1.82 bits per heavy atom. The van der Waals surface area contributed by atoms with Gasteiger partial charge in [0.2, 0.25) is 33.5 Å². The van der Waals surface area contributed by atoms with Crippen molar-refractivity contribution in [3.05, 3.63) is 43.1 Å². The third-order valence-electron chi connectivity index (χ3n) is 9.54. The number of nitrogens with zero attached hydrogens (tertiary/aromatic N) is 2. The standard InChI is InChI=1S/C40H51N5O10S/c1-9-25-22-40(25,36(49)44-56(51,52)29-12-13-29)43-33(47)32-21-28(54-34-30-14-11-27(53-8)20-24(30)17-19-41-34)23-45(32)35(48)31(42-37(50)55-39(5,6)7)15-10-26(46)16-18-38(2,3)4/h9,11,14,17,19-20,25,28-29,31-32H,1,10,12-13,15,21-23H2,2-8H3,(H,42,50)(H,43,47)(H,44,49)/t25-,28-,31+,32+,40-/m1/s1. The summed E-state index contributed by atoms with van der Waals surface area (Å²) in [6.07, 6.45) is 1.86. The van der Waals surface area contributed by atoms with Gasteiger partial charge in [0.1, 0.15) is 35.1 Å². The van der Waals surface area contributed by atoms with Crippen LogP contribution in [0.2, 0.25) is 0 Å². The van der Waals surface area contributed by atoms with Gasteiger partial charge in [-0.25, -0.2) is 18.2 Å². The second kappa shape index (κ2) is 16.1. The first kappa shape index (κ1) is 42.0. The minimum atomic E-state index is -3.94. The van der Waals surface area contributed by atoms with E-state index in [1.54, 1.807) is 52.3 Å². The molecule has 0 spiro atoms. The lowest BCUT2D eigenvalue weighted by Crippen LogP contribution is -2.58. The molecule has 3 fully saturated rings. The van der Waals surface area contributed by atoms with Gasteiger partial charge in [-0.15, -0.1) is 6.58 Å². The van der Waals surface area contributed by atoms with E-state index in [0.29, 0.717) is 24.0 Å². The maximum atomic E-state index is 14.5. The number of pyridine rings is 1. The monoisotopic (exact) mass is 793 g/mol. The highest BCUT2D eigenvalue weighted by molar-refractivity contribution is 7.91. The highest BCUT2D eigenvalue weighted by Gasteiger charge is 2.62. The lowest BCUT2D eigenvalue weighted by molar-refractivity contribution is -0.141. The zero-order valence-corrected chi connectivity index (χ0v) is 33.7. The van der Waals surface area contributed by atoms with Crippen molar-refractivity contribution >= 4 is 50.4 Å². The highest BCUT2D eigenvalue weighted by Crippen LogP contribution is 2.45. The normalized spacial score (nSPS) is 22.5. The number of likely N-dealkylation sites (tertiary alicyclic amines) is 1. The number of hydrogen-bond donors (Lipinski definition) is 3. The number of sulfonamides is 1. The number of fused-ring (bicyclic) bond motifs is 1. The maximum Gasteiger partial charge on any atom is 0.408 e. The summed E-state index contributed by atoms with van der Waals surface area (Å²) in [5, 5.41) is 6.07. The number of ether oxygens (including phenoxy) is 3. The Morgan fingerprint density at radius 1 is 1.11 bits per heavy atom. The predicted molar refractivity (Wildman–Crippen MR) is 207 cm³/mol. The molecule has 1 saturated heterocycles. The molecule has 5 rings (SSSR count). The van der Waals surface area contributed by atoms with Crippen molar-refractivity contribution in [2.45, 2.75) is 115 Å². The second-order valence-corrected chi connectivity index (χ2v) is 18.5. The molecular weight excluding hydrogens is 743 g/mol. The summed E-state index contributed by atoms with van der Waals surface area (Å²) in [5.74, 6) is 2.97. The fourth-order valence-electron chi connectivity index (χ4n) is 6.40. The first-order chi connectivity index (χ1) is 26.1. The van der Waals surface area contributed by atoms with Crippen LogP contribution in [-0.4, -0.2) is 96.1 Å². The van der Waals surface area contributed by atoms with E-state index in [2.05, 4.69) is 38.8 Å². The molecule has 2 aliphatic carbocycles. The summed E-state index contributed by atoms with van der Waals surface area (Å²) in [7, 11) is -2.39. The Hall–Kier alpha value is -5.17. The summed E-state index contributed by atoms with van der Waals surface area (Å²) in [6.45, 7) is 14.1. The zero-order chi connectivity index (χ0) is 41.2. The smallest absolute Gasteiger partial charge is 0.408 e. The molecule has 16 heteroatoms. The number of carbonyl (C=O) groups excluding carboxylic acids is 5. The lowest BCUT2D eigenvalue weighted by Gasteiger charge is -2.30. The SMILES string of the molecule is C=C[C@@H]1C[C@]1(NC(=O)[C@@H]1C[C@@H](Oc2nccc3cc(OC)ccc23)CN1C(=O)[C@H](CCC(=O)C#CC(C)(C)C)NC(=O)OC(C)(C)C)C(=O)NS(=O)(=O)C1CC1. The van der Waals surface area contributed by atoms with Gasteiger partial charge in [0.25, 0.3) is 5.91 Å². The Bertz CT molecular complexity index is 2080. The van der Waals surface area contributed by atoms with Crippen LogP contribution in [-0.2, 0) is 33.9 Å². The molecule has 3 N–H and O–H groups in total. The number of Topliss-reactive ketones (excluding diaryl/α,β-unsaturated/α-hetero) is 1. The molecule has 5 atom stereocenters. The summed E-state index contributed by atoms with van der Waals surface area (Å²) < 4.78 is 44.7. The van der Waals surface area contributed by atoms with Gasteiger partial charge in [0, 0.05) is 35.8 Å². The molecule has 2 saturated carbocycles. The largest absolute Gasteiger partial charge is 0.497 e. The van der Waals surface area contributed by atoms with E-state index in [1.807, 2.05) is 26.8 Å². The van der Waals surface area contributed by atoms with Crippen molar-refractivity contribution < 1.29 is 46.6 Å². The summed E-state index contributed by atoms with van der Waals surface area (Å²) in [4.78, 5) is 73.9. The van der Waals surface area contributed by atoms with Crippen LogP contribution in [0.15, 0.2) is 43.1 Å². The van der Waals surface area contributed by atoms with Crippen LogP contribution in [0.25, 0.3) is 10.8 Å². The molecule has 0 bridgehead atoms. The van der Waals surface area contributed by atoms with Gasteiger partial charge in [0.15, 0.2) is 0 Å². The number of nitrogens with one attached hydrogen (secondary N) is 3. The van der Waals surface area contributed by atoms with Gasteiger partial charge in [-0.1, -0.05) is 12.0 Å². The fourth-order valence-corrected chi connectivity index (χ4v) is 7.77. The number of hydrogen-bond acceptors (Lipinski definition) is 11. The number of aromatic nitrogens is 1. The van der Waals surface area contributed by atoms with Crippen molar-refractivity contribution in [2.75, 3.05) is 13.7 Å². The zero-order valence-electron chi connectivity index (χ0n) is 32.9. The van der Waals surface area contributed by atoms with Crippen molar-refractivity contribution in [3.63, 3.8) is 0 Å². The molecule has 2 heterocycles. The van der Waals surface area contributed by atoms with Crippen LogP contribution >= 0.6 is 0 Å². The van der Waals surface area contributed by atoms with Crippen molar-refractivity contribution in [2.24, 2.45) is 11.3 Å². The molecule has 302 valence electrons. The van der Waals surface area contributed by atoms with Crippen LogP contribution in [0, 0.1) is 23.2 Å². The molecule has 1 aromatic carbocycles. The van der Waals surface area contributed by atoms with Gasteiger partial charge in [-0.2, -0.15) is 0 Å². The first-order valence-corrected chi connectivity index (χ1v) is 20.2. The summed E-state index contributed by atoms with van der Waals surface area (Å²) >= 11 is 0. The van der Waals surface area contributed by atoms with Gasteiger partial charge in [-0.05, 0) is 103 Å². The Balaban J connectivity index is 1.45. The number of ketones is 1.